The maximum Gasteiger partial charge on any atom is 0.419 e. The van der Waals surface area contributed by atoms with Gasteiger partial charge in [0.05, 0.1) is 17.5 Å². The third kappa shape index (κ3) is 1.39. The van der Waals surface area contributed by atoms with E-state index >= 15 is 0 Å². The highest BCUT2D eigenvalue weighted by molar-refractivity contribution is 5.86. The molecule has 0 aliphatic carbocycles. The van der Waals surface area contributed by atoms with Crippen molar-refractivity contribution in [3.8, 4) is 11.3 Å². The van der Waals surface area contributed by atoms with Crippen LogP contribution in [0.2, 0.25) is 0 Å². The molecule has 90 valence electrons. The SMILES string of the molecule is Cn1c(=O)oc2cc(-c3nc[nH]c3C=O)ccc21. The number of oxazole rings is 1. The van der Waals surface area contributed by atoms with Crippen LogP contribution in [0.1, 0.15) is 10.5 Å². The summed E-state index contributed by atoms with van der Waals surface area (Å²) >= 11 is 0. The molecule has 3 aromatic rings. The molecule has 2 aromatic heterocycles. The van der Waals surface area contributed by atoms with Crippen molar-refractivity contribution in [3.63, 3.8) is 0 Å². The monoisotopic (exact) mass is 243 g/mol. The smallest absolute Gasteiger partial charge is 0.408 e. The van der Waals surface area contributed by atoms with E-state index in [1.807, 2.05) is 0 Å². The van der Waals surface area contributed by atoms with Gasteiger partial charge in [0.25, 0.3) is 0 Å². The van der Waals surface area contributed by atoms with Gasteiger partial charge in [-0.05, 0) is 12.1 Å². The lowest BCUT2D eigenvalue weighted by Gasteiger charge is -1.98. The fraction of sp³-hybridized carbons (Fsp3) is 0.0833. The predicted octanol–water partition coefficient (Wildman–Crippen LogP) is 1.33. The van der Waals surface area contributed by atoms with Gasteiger partial charge in [0, 0.05) is 12.6 Å². The maximum atomic E-state index is 11.4. The van der Waals surface area contributed by atoms with Crippen LogP contribution in [0, 0.1) is 0 Å². The molecule has 0 aliphatic rings. The van der Waals surface area contributed by atoms with E-state index in [-0.39, 0.29) is 0 Å². The number of nitrogens with zero attached hydrogens (tertiary/aromatic N) is 2. The number of aromatic amines is 1. The molecule has 0 amide bonds. The highest BCUT2D eigenvalue weighted by atomic mass is 16.4. The van der Waals surface area contributed by atoms with Gasteiger partial charge in [0.15, 0.2) is 11.9 Å². The zero-order valence-corrected chi connectivity index (χ0v) is 9.51. The Balaban J connectivity index is 2.25. The molecule has 0 saturated carbocycles. The second kappa shape index (κ2) is 3.69. The number of H-pyrrole nitrogens is 1. The zero-order valence-electron chi connectivity index (χ0n) is 9.51. The standard InChI is InChI=1S/C12H9N3O3/c1-15-9-3-2-7(4-10(9)18-12(15)17)11-8(5-16)13-6-14-11/h2-6H,1H3,(H,13,14). The number of fused-ring (bicyclic) bond motifs is 1. The number of aryl methyl sites for hydroxylation is 1. The van der Waals surface area contributed by atoms with Crippen LogP contribution in [0.15, 0.2) is 33.7 Å². The third-order valence-corrected chi connectivity index (χ3v) is 2.85. The molecule has 0 atom stereocenters. The minimum Gasteiger partial charge on any atom is -0.408 e. The van der Waals surface area contributed by atoms with Gasteiger partial charge in [-0.1, -0.05) is 6.07 Å². The van der Waals surface area contributed by atoms with Crippen molar-refractivity contribution in [3.05, 3.63) is 40.8 Å². The van der Waals surface area contributed by atoms with E-state index in [0.29, 0.717) is 28.8 Å². The molecule has 0 radical (unpaired) electrons. The quantitative estimate of drug-likeness (QED) is 0.688. The first-order valence-corrected chi connectivity index (χ1v) is 5.29. The molecule has 0 fully saturated rings. The Bertz CT molecular complexity index is 794. The predicted molar refractivity (Wildman–Crippen MR) is 64.4 cm³/mol. The first kappa shape index (κ1) is 10.5. The van der Waals surface area contributed by atoms with Crippen molar-refractivity contribution in [2.75, 3.05) is 0 Å². The highest BCUT2D eigenvalue weighted by Gasteiger charge is 2.11. The zero-order chi connectivity index (χ0) is 12.7. The molecule has 2 heterocycles. The number of imidazole rings is 1. The van der Waals surface area contributed by atoms with Crippen molar-refractivity contribution >= 4 is 17.4 Å². The normalized spacial score (nSPS) is 10.9. The Hall–Kier alpha value is -2.63. The average molecular weight is 243 g/mol. The van der Waals surface area contributed by atoms with E-state index in [4.69, 9.17) is 4.42 Å². The van der Waals surface area contributed by atoms with Crippen LogP contribution in [-0.2, 0) is 7.05 Å². The number of aromatic nitrogens is 3. The van der Waals surface area contributed by atoms with Crippen LogP contribution in [0.25, 0.3) is 22.4 Å². The van der Waals surface area contributed by atoms with Crippen LogP contribution < -0.4 is 5.76 Å². The molecular weight excluding hydrogens is 234 g/mol. The van der Waals surface area contributed by atoms with Crippen LogP contribution in [-0.4, -0.2) is 20.8 Å². The lowest BCUT2D eigenvalue weighted by Crippen LogP contribution is -2.08. The molecule has 3 rings (SSSR count). The number of carbonyl (C=O) groups excluding carboxylic acids is 1. The summed E-state index contributed by atoms with van der Waals surface area (Å²) in [6, 6.07) is 5.25. The van der Waals surface area contributed by atoms with Gasteiger partial charge in [-0.3, -0.25) is 9.36 Å². The third-order valence-electron chi connectivity index (χ3n) is 2.85. The van der Waals surface area contributed by atoms with Crippen molar-refractivity contribution in [2.24, 2.45) is 7.05 Å². The number of hydrogen-bond donors (Lipinski definition) is 1. The summed E-state index contributed by atoms with van der Waals surface area (Å²) in [6.45, 7) is 0. The molecule has 0 spiro atoms. The summed E-state index contributed by atoms with van der Waals surface area (Å²) < 4.78 is 6.51. The van der Waals surface area contributed by atoms with Crippen LogP contribution >= 0.6 is 0 Å². The minimum atomic E-state index is -0.417. The van der Waals surface area contributed by atoms with E-state index < -0.39 is 5.76 Å². The summed E-state index contributed by atoms with van der Waals surface area (Å²) in [5.41, 5.74) is 2.83. The topological polar surface area (TPSA) is 80.9 Å². The molecule has 0 aliphatic heterocycles. The van der Waals surface area contributed by atoms with E-state index in [9.17, 15) is 9.59 Å². The van der Waals surface area contributed by atoms with Crippen molar-refractivity contribution in [1.29, 1.82) is 0 Å². The molecule has 0 saturated heterocycles. The largest absolute Gasteiger partial charge is 0.419 e. The second-order valence-corrected chi connectivity index (χ2v) is 3.89. The molecule has 1 aromatic carbocycles. The minimum absolute atomic E-state index is 0.396. The molecule has 1 N–H and O–H groups in total. The van der Waals surface area contributed by atoms with E-state index in [2.05, 4.69) is 9.97 Å². The molecule has 6 nitrogen and oxygen atoms in total. The van der Waals surface area contributed by atoms with Gasteiger partial charge >= 0.3 is 5.76 Å². The first-order valence-electron chi connectivity index (χ1n) is 5.29. The summed E-state index contributed by atoms with van der Waals surface area (Å²) in [6.07, 6.45) is 2.15. The van der Waals surface area contributed by atoms with Crippen LogP contribution in [0.4, 0.5) is 0 Å². The van der Waals surface area contributed by atoms with Crippen molar-refractivity contribution in [2.45, 2.75) is 0 Å². The Morgan fingerprint density at radius 2 is 2.28 bits per heavy atom. The fourth-order valence-corrected chi connectivity index (χ4v) is 1.91. The fourth-order valence-electron chi connectivity index (χ4n) is 1.91. The first-order chi connectivity index (χ1) is 8.70. The van der Waals surface area contributed by atoms with Gasteiger partial charge in [0.1, 0.15) is 5.69 Å². The number of aldehydes is 1. The summed E-state index contributed by atoms with van der Waals surface area (Å²) in [5.74, 6) is -0.417. The van der Waals surface area contributed by atoms with E-state index in [1.54, 1.807) is 25.2 Å². The van der Waals surface area contributed by atoms with Crippen LogP contribution in [0.3, 0.4) is 0 Å². The van der Waals surface area contributed by atoms with Crippen molar-refractivity contribution in [1.82, 2.24) is 14.5 Å². The Labute approximate surface area is 101 Å². The van der Waals surface area contributed by atoms with E-state index in [1.165, 1.54) is 10.9 Å². The van der Waals surface area contributed by atoms with Gasteiger partial charge in [0.2, 0.25) is 0 Å². The van der Waals surface area contributed by atoms with Gasteiger partial charge < -0.3 is 9.40 Å². The Morgan fingerprint density at radius 1 is 1.44 bits per heavy atom. The number of rotatable bonds is 2. The van der Waals surface area contributed by atoms with Gasteiger partial charge in [-0.2, -0.15) is 0 Å². The Morgan fingerprint density at radius 3 is 3.06 bits per heavy atom. The van der Waals surface area contributed by atoms with Crippen LogP contribution in [0.5, 0.6) is 0 Å². The number of nitrogens with one attached hydrogen (secondary N) is 1. The molecule has 18 heavy (non-hydrogen) atoms. The number of carbonyl (C=O) groups is 1. The second-order valence-electron chi connectivity index (χ2n) is 3.89. The maximum absolute atomic E-state index is 11.4. The Kier molecular flexibility index (Phi) is 2.16. The summed E-state index contributed by atoms with van der Waals surface area (Å²) in [4.78, 5) is 29.0. The van der Waals surface area contributed by atoms with Gasteiger partial charge in [-0.15, -0.1) is 0 Å². The average Bonchev–Trinajstić information content (AvgIpc) is 2.95. The summed E-state index contributed by atoms with van der Waals surface area (Å²) in [5, 5.41) is 0. The lowest BCUT2D eigenvalue weighted by molar-refractivity contribution is 0.112. The summed E-state index contributed by atoms with van der Waals surface area (Å²) in [7, 11) is 1.64. The number of benzene rings is 1. The molecule has 6 heteroatoms. The molecule has 0 unspecified atom stereocenters. The van der Waals surface area contributed by atoms with Gasteiger partial charge in [-0.25, -0.2) is 9.78 Å². The lowest BCUT2D eigenvalue weighted by atomic mass is 10.1. The number of hydrogen-bond acceptors (Lipinski definition) is 4. The van der Waals surface area contributed by atoms with Crippen molar-refractivity contribution < 1.29 is 9.21 Å². The molecule has 0 bridgehead atoms. The van der Waals surface area contributed by atoms with E-state index in [0.717, 1.165) is 5.56 Å². The highest BCUT2D eigenvalue weighted by Crippen LogP contribution is 2.23. The molecular formula is C12H9N3O3.